The number of fused-ring (bicyclic) bond motifs is 1. The highest BCUT2D eigenvalue weighted by Crippen LogP contribution is 2.31. The Kier molecular flexibility index (Phi) is 3.52. The van der Waals surface area contributed by atoms with Crippen molar-refractivity contribution in [2.24, 2.45) is 0 Å². The third-order valence-corrected chi connectivity index (χ3v) is 4.19. The van der Waals surface area contributed by atoms with Crippen LogP contribution < -0.4 is 10.1 Å². The average molecular weight is 246 g/mol. The number of hydrogen-bond donors (Lipinski definition) is 1. The van der Waals surface area contributed by atoms with Gasteiger partial charge in [-0.2, -0.15) is 0 Å². The van der Waals surface area contributed by atoms with Gasteiger partial charge in [0.1, 0.15) is 5.75 Å². The molecule has 1 fully saturated rings. The molecule has 1 aromatic rings. The van der Waals surface area contributed by atoms with E-state index in [1.165, 1.54) is 43.5 Å². The van der Waals surface area contributed by atoms with Crippen LogP contribution in [0.5, 0.6) is 5.75 Å². The molecule has 0 aromatic heterocycles. The number of methoxy groups -OCH3 is 1. The Bertz CT molecular complexity index is 413. The highest BCUT2D eigenvalue weighted by atomic mass is 16.5. The van der Waals surface area contributed by atoms with Crippen molar-refractivity contribution in [3.63, 3.8) is 0 Å². The van der Waals surface area contributed by atoms with E-state index in [9.17, 15) is 0 Å². The summed E-state index contributed by atoms with van der Waals surface area (Å²) in [4.78, 5) is 2.64. The lowest BCUT2D eigenvalue weighted by Crippen LogP contribution is -2.42. The van der Waals surface area contributed by atoms with E-state index in [1.807, 2.05) is 0 Å². The number of nitrogens with one attached hydrogen (secondary N) is 1. The fraction of sp³-hybridized carbons (Fsp3) is 0.600. The van der Waals surface area contributed by atoms with E-state index in [0.717, 1.165) is 18.8 Å². The minimum atomic E-state index is 0.556. The van der Waals surface area contributed by atoms with Crippen molar-refractivity contribution < 1.29 is 4.74 Å². The molecule has 3 rings (SSSR count). The van der Waals surface area contributed by atoms with Gasteiger partial charge in [-0.1, -0.05) is 12.5 Å². The van der Waals surface area contributed by atoms with Crippen LogP contribution in [-0.2, 0) is 6.54 Å². The van der Waals surface area contributed by atoms with Gasteiger partial charge in [0.15, 0.2) is 0 Å². The van der Waals surface area contributed by atoms with Crippen molar-refractivity contribution in [1.29, 1.82) is 0 Å². The van der Waals surface area contributed by atoms with Gasteiger partial charge in [-0.15, -0.1) is 0 Å². The molecule has 0 aliphatic carbocycles. The third-order valence-electron chi connectivity index (χ3n) is 4.19. The number of ether oxygens (including phenoxy) is 1. The van der Waals surface area contributed by atoms with Crippen LogP contribution in [-0.4, -0.2) is 31.6 Å². The van der Waals surface area contributed by atoms with E-state index >= 15 is 0 Å². The Labute approximate surface area is 109 Å². The molecule has 3 heteroatoms. The fourth-order valence-electron chi connectivity index (χ4n) is 3.20. The number of benzene rings is 1. The number of nitrogens with zero attached hydrogens (tertiary/aromatic N) is 1. The van der Waals surface area contributed by atoms with E-state index in [0.29, 0.717) is 6.04 Å². The van der Waals surface area contributed by atoms with Crippen molar-refractivity contribution in [2.45, 2.75) is 31.8 Å². The maximum absolute atomic E-state index is 5.32. The molecule has 0 bridgehead atoms. The lowest BCUT2D eigenvalue weighted by molar-refractivity contribution is 0.154. The number of hydrogen-bond acceptors (Lipinski definition) is 3. The van der Waals surface area contributed by atoms with Crippen LogP contribution in [0.2, 0.25) is 0 Å². The van der Waals surface area contributed by atoms with Gasteiger partial charge in [0.05, 0.1) is 7.11 Å². The molecule has 2 aliphatic heterocycles. The van der Waals surface area contributed by atoms with Gasteiger partial charge in [-0.25, -0.2) is 0 Å². The third kappa shape index (κ3) is 2.25. The zero-order valence-corrected chi connectivity index (χ0v) is 11.1. The van der Waals surface area contributed by atoms with Gasteiger partial charge in [0.2, 0.25) is 0 Å². The second-order valence-corrected chi connectivity index (χ2v) is 5.31. The van der Waals surface area contributed by atoms with Gasteiger partial charge in [0.25, 0.3) is 0 Å². The molecular weight excluding hydrogens is 224 g/mol. The number of piperidine rings is 1. The molecule has 0 amide bonds. The zero-order chi connectivity index (χ0) is 12.4. The lowest BCUT2D eigenvalue weighted by atomic mass is 9.94. The first-order chi connectivity index (χ1) is 8.88. The maximum atomic E-state index is 5.32. The molecule has 98 valence electrons. The molecule has 1 aromatic carbocycles. The first-order valence-electron chi connectivity index (χ1n) is 7.00. The van der Waals surface area contributed by atoms with Gasteiger partial charge < -0.3 is 10.1 Å². The standard InChI is InChI=1S/C15H22N2O/c1-18-13-5-6-14-12(9-13)10-16-11-15(14)17-7-3-2-4-8-17/h5-6,9,15-16H,2-4,7-8,10-11H2,1H3/t15-/m0/s1. The molecule has 0 radical (unpaired) electrons. The van der Waals surface area contributed by atoms with Crippen LogP contribution in [0.1, 0.15) is 36.4 Å². The SMILES string of the molecule is COc1ccc2c(c1)CNC[C@@H]2N1CCCCC1. The minimum absolute atomic E-state index is 0.556. The van der Waals surface area contributed by atoms with Gasteiger partial charge >= 0.3 is 0 Å². The predicted molar refractivity (Wildman–Crippen MR) is 72.9 cm³/mol. The molecule has 3 nitrogen and oxygen atoms in total. The van der Waals surface area contributed by atoms with Crippen LogP contribution in [0, 0.1) is 0 Å². The molecule has 1 atom stereocenters. The highest BCUT2D eigenvalue weighted by Gasteiger charge is 2.26. The van der Waals surface area contributed by atoms with E-state index in [4.69, 9.17) is 4.74 Å². The minimum Gasteiger partial charge on any atom is -0.497 e. The second kappa shape index (κ2) is 5.29. The highest BCUT2D eigenvalue weighted by molar-refractivity contribution is 5.39. The zero-order valence-electron chi connectivity index (χ0n) is 11.1. The van der Waals surface area contributed by atoms with E-state index < -0.39 is 0 Å². The Morgan fingerprint density at radius 3 is 2.83 bits per heavy atom. The van der Waals surface area contributed by atoms with Crippen LogP contribution in [0.3, 0.4) is 0 Å². The normalized spacial score (nSPS) is 24.6. The lowest BCUT2D eigenvalue weighted by Gasteiger charge is -2.38. The Morgan fingerprint density at radius 1 is 1.22 bits per heavy atom. The summed E-state index contributed by atoms with van der Waals surface area (Å²) in [5.74, 6) is 0.967. The van der Waals surface area contributed by atoms with Gasteiger partial charge in [-0.3, -0.25) is 4.90 Å². The van der Waals surface area contributed by atoms with Crippen molar-refractivity contribution in [2.75, 3.05) is 26.7 Å². The van der Waals surface area contributed by atoms with Crippen LogP contribution in [0.25, 0.3) is 0 Å². The summed E-state index contributed by atoms with van der Waals surface area (Å²) in [6, 6.07) is 7.09. The van der Waals surface area contributed by atoms with Crippen LogP contribution in [0.4, 0.5) is 0 Å². The summed E-state index contributed by atoms with van der Waals surface area (Å²) in [5.41, 5.74) is 2.90. The molecule has 2 aliphatic rings. The van der Waals surface area contributed by atoms with Gasteiger partial charge in [-0.05, 0) is 49.2 Å². The number of likely N-dealkylation sites (tertiary alicyclic amines) is 1. The number of rotatable bonds is 2. The second-order valence-electron chi connectivity index (χ2n) is 5.31. The average Bonchev–Trinajstić information content (AvgIpc) is 2.47. The molecule has 1 N–H and O–H groups in total. The van der Waals surface area contributed by atoms with Crippen LogP contribution >= 0.6 is 0 Å². The molecule has 18 heavy (non-hydrogen) atoms. The Balaban J connectivity index is 1.86. The van der Waals surface area contributed by atoms with Crippen molar-refractivity contribution in [3.8, 4) is 5.75 Å². The van der Waals surface area contributed by atoms with Crippen molar-refractivity contribution in [1.82, 2.24) is 10.2 Å². The van der Waals surface area contributed by atoms with Crippen molar-refractivity contribution in [3.05, 3.63) is 29.3 Å². The maximum Gasteiger partial charge on any atom is 0.119 e. The topological polar surface area (TPSA) is 24.5 Å². The quantitative estimate of drug-likeness (QED) is 0.866. The summed E-state index contributed by atoms with van der Waals surface area (Å²) in [6.07, 6.45) is 4.09. The molecular formula is C15H22N2O. The summed E-state index contributed by atoms with van der Waals surface area (Å²) in [7, 11) is 1.74. The molecule has 1 saturated heterocycles. The van der Waals surface area contributed by atoms with E-state index in [2.05, 4.69) is 28.4 Å². The monoisotopic (exact) mass is 246 g/mol. The van der Waals surface area contributed by atoms with Crippen molar-refractivity contribution >= 4 is 0 Å². The summed E-state index contributed by atoms with van der Waals surface area (Å²) < 4.78 is 5.32. The molecule has 0 saturated carbocycles. The Hall–Kier alpha value is -1.06. The van der Waals surface area contributed by atoms with Crippen LogP contribution in [0.15, 0.2) is 18.2 Å². The van der Waals surface area contributed by atoms with E-state index in [1.54, 1.807) is 7.11 Å². The smallest absolute Gasteiger partial charge is 0.119 e. The summed E-state index contributed by atoms with van der Waals surface area (Å²) in [5, 5.41) is 3.54. The Morgan fingerprint density at radius 2 is 2.06 bits per heavy atom. The van der Waals surface area contributed by atoms with E-state index in [-0.39, 0.29) is 0 Å². The molecule has 2 heterocycles. The predicted octanol–water partition coefficient (Wildman–Crippen LogP) is 2.33. The van der Waals surface area contributed by atoms with Gasteiger partial charge in [0, 0.05) is 19.1 Å². The fourth-order valence-corrected chi connectivity index (χ4v) is 3.20. The summed E-state index contributed by atoms with van der Waals surface area (Å²) >= 11 is 0. The summed E-state index contributed by atoms with van der Waals surface area (Å²) in [6.45, 7) is 4.55. The molecule has 0 spiro atoms. The first kappa shape index (κ1) is 12.0. The largest absolute Gasteiger partial charge is 0.497 e. The first-order valence-corrected chi connectivity index (χ1v) is 7.00. The molecule has 0 unspecified atom stereocenters.